The molecule has 2 aromatic carbocycles. The van der Waals surface area contributed by atoms with Crippen molar-refractivity contribution in [3.63, 3.8) is 0 Å². The number of rotatable bonds is 6. The number of amides is 1. The average Bonchev–Trinajstić information content (AvgIpc) is 3.11. The average molecular weight is 351 g/mol. The molecule has 0 atom stereocenters. The molecule has 0 unspecified atom stereocenters. The molecule has 7 nitrogen and oxygen atoms in total. The van der Waals surface area contributed by atoms with Gasteiger partial charge in [-0.2, -0.15) is 0 Å². The number of hydrogen-bond donors (Lipinski definition) is 1. The molecule has 0 spiro atoms. The largest absolute Gasteiger partial charge is 0.486 e. The Bertz CT molecular complexity index is 920. The van der Waals surface area contributed by atoms with E-state index in [0.29, 0.717) is 23.7 Å². The maximum atomic E-state index is 12.5. The number of benzene rings is 2. The van der Waals surface area contributed by atoms with Gasteiger partial charge in [-0.25, -0.2) is 4.68 Å². The third-order valence-corrected chi connectivity index (χ3v) is 4.13. The van der Waals surface area contributed by atoms with E-state index in [-0.39, 0.29) is 12.5 Å². The van der Waals surface area contributed by atoms with Crippen molar-refractivity contribution >= 4 is 11.6 Å². The summed E-state index contributed by atoms with van der Waals surface area (Å²) in [5.74, 6) is 1.04. The third-order valence-electron chi connectivity index (χ3n) is 4.13. The van der Waals surface area contributed by atoms with Crippen LogP contribution in [0.15, 0.2) is 42.5 Å². The number of hydrogen-bond acceptors (Lipinski definition) is 5. The molecule has 0 fully saturated rings. The zero-order chi connectivity index (χ0) is 18.5. The fraction of sp³-hybridized carbons (Fsp3) is 0.263. The molecule has 1 heterocycles. The third kappa shape index (κ3) is 4.05. The first kappa shape index (κ1) is 17.6. The van der Waals surface area contributed by atoms with E-state index in [9.17, 15) is 4.79 Å². The molecule has 134 valence electrons. The van der Waals surface area contributed by atoms with Crippen molar-refractivity contribution in [3.05, 3.63) is 65.0 Å². The van der Waals surface area contributed by atoms with E-state index in [1.807, 2.05) is 39.0 Å². The smallest absolute Gasteiger partial charge is 0.255 e. The van der Waals surface area contributed by atoms with Crippen LogP contribution in [0.1, 0.15) is 34.2 Å². The van der Waals surface area contributed by atoms with Gasteiger partial charge in [-0.3, -0.25) is 4.79 Å². The molecular weight excluding hydrogens is 330 g/mol. The van der Waals surface area contributed by atoms with Gasteiger partial charge in [-0.15, -0.1) is 5.10 Å². The van der Waals surface area contributed by atoms with Gasteiger partial charge in [0.05, 0.1) is 0 Å². The van der Waals surface area contributed by atoms with Gasteiger partial charge >= 0.3 is 0 Å². The van der Waals surface area contributed by atoms with E-state index in [4.69, 9.17) is 4.74 Å². The number of nitrogens with zero attached hydrogens (tertiary/aromatic N) is 4. The van der Waals surface area contributed by atoms with Crippen molar-refractivity contribution in [2.24, 2.45) is 0 Å². The standard InChI is InChI=1S/C19H21N5O2/c1-4-24-18(21-22-23-24)12-26-17-7-5-6-15(11-17)19(25)20-16-9-8-13(2)14(3)10-16/h5-11H,4,12H2,1-3H3,(H,20,25). The molecule has 0 aliphatic rings. The normalized spacial score (nSPS) is 10.6. The number of tetrazole rings is 1. The quantitative estimate of drug-likeness (QED) is 0.738. The zero-order valence-corrected chi connectivity index (χ0v) is 15.1. The van der Waals surface area contributed by atoms with Crippen molar-refractivity contribution < 1.29 is 9.53 Å². The summed E-state index contributed by atoms with van der Waals surface area (Å²) in [6.45, 7) is 6.92. The van der Waals surface area contributed by atoms with Crippen LogP contribution in [0.4, 0.5) is 5.69 Å². The lowest BCUT2D eigenvalue weighted by molar-refractivity contribution is 0.102. The molecule has 0 aliphatic heterocycles. The van der Waals surface area contributed by atoms with E-state index in [1.54, 1.807) is 28.9 Å². The Morgan fingerprint density at radius 1 is 1.15 bits per heavy atom. The minimum absolute atomic E-state index is 0.183. The number of ether oxygens (including phenoxy) is 1. The number of aryl methyl sites for hydroxylation is 3. The fourth-order valence-corrected chi connectivity index (χ4v) is 2.47. The number of aromatic nitrogens is 4. The monoisotopic (exact) mass is 351 g/mol. The lowest BCUT2D eigenvalue weighted by Gasteiger charge is -2.10. The zero-order valence-electron chi connectivity index (χ0n) is 15.1. The molecule has 1 aromatic heterocycles. The minimum atomic E-state index is -0.183. The minimum Gasteiger partial charge on any atom is -0.486 e. The predicted molar refractivity (Wildman–Crippen MR) is 98.1 cm³/mol. The fourth-order valence-electron chi connectivity index (χ4n) is 2.47. The summed E-state index contributed by atoms with van der Waals surface area (Å²) in [7, 11) is 0. The Hall–Kier alpha value is -3.22. The van der Waals surface area contributed by atoms with Gasteiger partial charge in [0.15, 0.2) is 5.82 Å². The van der Waals surface area contributed by atoms with Crippen molar-refractivity contribution in [3.8, 4) is 5.75 Å². The summed E-state index contributed by atoms with van der Waals surface area (Å²) in [5, 5.41) is 14.3. The van der Waals surface area contributed by atoms with E-state index in [0.717, 1.165) is 11.3 Å². The lowest BCUT2D eigenvalue weighted by atomic mass is 10.1. The first-order chi connectivity index (χ1) is 12.6. The highest BCUT2D eigenvalue weighted by Crippen LogP contribution is 2.18. The van der Waals surface area contributed by atoms with Crippen LogP contribution in [0.25, 0.3) is 0 Å². The Morgan fingerprint density at radius 2 is 2.00 bits per heavy atom. The van der Waals surface area contributed by atoms with Gasteiger partial charge < -0.3 is 10.1 Å². The molecule has 1 N–H and O–H groups in total. The second kappa shape index (κ2) is 7.77. The van der Waals surface area contributed by atoms with Crippen LogP contribution in [0.2, 0.25) is 0 Å². The number of nitrogens with one attached hydrogen (secondary N) is 1. The van der Waals surface area contributed by atoms with Crippen LogP contribution >= 0.6 is 0 Å². The molecule has 0 saturated carbocycles. The van der Waals surface area contributed by atoms with Gasteiger partial charge in [0.25, 0.3) is 5.91 Å². The van der Waals surface area contributed by atoms with E-state index >= 15 is 0 Å². The number of carbonyl (C=O) groups excluding carboxylic acids is 1. The molecule has 7 heteroatoms. The van der Waals surface area contributed by atoms with E-state index in [2.05, 4.69) is 20.8 Å². The van der Waals surface area contributed by atoms with E-state index < -0.39 is 0 Å². The topological polar surface area (TPSA) is 81.9 Å². The van der Waals surface area contributed by atoms with Gasteiger partial charge in [0, 0.05) is 17.8 Å². The van der Waals surface area contributed by atoms with Crippen molar-refractivity contribution in [1.82, 2.24) is 20.2 Å². The highest BCUT2D eigenvalue weighted by molar-refractivity contribution is 6.04. The first-order valence-corrected chi connectivity index (χ1v) is 8.43. The second-order valence-electron chi connectivity index (χ2n) is 5.98. The van der Waals surface area contributed by atoms with E-state index in [1.165, 1.54) is 5.56 Å². The highest BCUT2D eigenvalue weighted by Gasteiger charge is 2.09. The van der Waals surface area contributed by atoms with Crippen molar-refractivity contribution in [2.75, 3.05) is 5.32 Å². The predicted octanol–water partition coefficient (Wildman–Crippen LogP) is 3.14. The molecule has 1 amide bonds. The van der Waals surface area contributed by atoms with Crippen LogP contribution in [-0.2, 0) is 13.2 Å². The Kier molecular flexibility index (Phi) is 5.26. The van der Waals surface area contributed by atoms with Crippen LogP contribution in [0.3, 0.4) is 0 Å². The maximum Gasteiger partial charge on any atom is 0.255 e. The maximum absolute atomic E-state index is 12.5. The summed E-state index contributed by atoms with van der Waals surface area (Å²) in [4.78, 5) is 12.5. The van der Waals surface area contributed by atoms with Gasteiger partial charge in [-0.05, 0) is 72.7 Å². The molecular formula is C19H21N5O2. The first-order valence-electron chi connectivity index (χ1n) is 8.43. The summed E-state index contributed by atoms with van der Waals surface area (Å²) in [6, 6.07) is 12.9. The van der Waals surface area contributed by atoms with Crippen molar-refractivity contribution in [1.29, 1.82) is 0 Å². The molecule has 0 bridgehead atoms. The molecule has 0 radical (unpaired) electrons. The number of carbonyl (C=O) groups is 1. The molecule has 0 saturated heterocycles. The van der Waals surface area contributed by atoms with Crippen LogP contribution < -0.4 is 10.1 Å². The Morgan fingerprint density at radius 3 is 2.77 bits per heavy atom. The van der Waals surface area contributed by atoms with Crippen molar-refractivity contribution in [2.45, 2.75) is 33.9 Å². The van der Waals surface area contributed by atoms with Crippen LogP contribution in [0, 0.1) is 13.8 Å². The SMILES string of the molecule is CCn1nnnc1COc1cccc(C(=O)Nc2ccc(C)c(C)c2)c1. The van der Waals surface area contributed by atoms with Crippen LogP contribution in [-0.4, -0.2) is 26.1 Å². The summed E-state index contributed by atoms with van der Waals surface area (Å²) in [5.41, 5.74) is 3.61. The summed E-state index contributed by atoms with van der Waals surface area (Å²) in [6.07, 6.45) is 0. The molecule has 3 aromatic rings. The summed E-state index contributed by atoms with van der Waals surface area (Å²) < 4.78 is 7.39. The number of anilines is 1. The Balaban J connectivity index is 1.68. The Labute approximate surface area is 152 Å². The van der Waals surface area contributed by atoms with Gasteiger partial charge in [0.1, 0.15) is 12.4 Å². The highest BCUT2D eigenvalue weighted by atomic mass is 16.5. The second-order valence-corrected chi connectivity index (χ2v) is 5.98. The molecule has 26 heavy (non-hydrogen) atoms. The molecule has 0 aliphatic carbocycles. The molecule has 3 rings (SSSR count). The van der Waals surface area contributed by atoms with Crippen LogP contribution in [0.5, 0.6) is 5.75 Å². The van der Waals surface area contributed by atoms with Gasteiger partial charge in [0.2, 0.25) is 0 Å². The summed E-state index contributed by atoms with van der Waals surface area (Å²) >= 11 is 0. The lowest BCUT2D eigenvalue weighted by Crippen LogP contribution is -2.12. The van der Waals surface area contributed by atoms with Gasteiger partial charge in [-0.1, -0.05) is 12.1 Å².